The Hall–Kier alpha value is -9.71. The molecule has 2 unspecified atom stereocenters. The van der Waals surface area contributed by atoms with E-state index < -0.39 is 205 Å². The van der Waals surface area contributed by atoms with Crippen molar-refractivity contribution in [3.05, 3.63) is 52.1 Å². The van der Waals surface area contributed by atoms with E-state index in [1.54, 1.807) is 14.0 Å². The quantitative estimate of drug-likeness (QED) is 0.0125. The van der Waals surface area contributed by atoms with Gasteiger partial charge < -0.3 is 128 Å². The molecule has 6 saturated heterocycles. The number of hydrogen-bond donors (Lipinski definition) is 18. The highest BCUT2D eigenvalue weighted by Gasteiger charge is 2.65. The number of hydrogen-bond acceptors (Lipinski definition) is 31. The summed E-state index contributed by atoms with van der Waals surface area (Å²) in [7, 11) is 3.71. The number of nitrogens with one attached hydrogen (secondary N) is 8. The van der Waals surface area contributed by atoms with Gasteiger partial charge in [0.25, 0.3) is 11.5 Å². The number of amides is 6. The number of nitrogens with zero attached hydrogens (tertiary/aromatic N) is 4. The van der Waals surface area contributed by atoms with Crippen molar-refractivity contribution in [1.82, 2.24) is 51.8 Å². The van der Waals surface area contributed by atoms with Crippen molar-refractivity contribution in [2.75, 3.05) is 49.4 Å². The van der Waals surface area contributed by atoms with E-state index in [1.807, 2.05) is 19.2 Å². The number of methoxy groups -OCH3 is 1. The fourth-order valence-electron chi connectivity index (χ4n) is 18.0. The summed E-state index contributed by atoms with van der Waals surface area (Å²) in [6, 6.07) is -5.97. The first-order valence-electron chi connectivity index (χ1n) is 42.5. The Labute approximate surface area is 740 Å². The van der Waals surface area contributed by atoms with E-state index in [0.717, 1.165) is 40.9 Å². The summed E-state index contributed by atoms with van der Waals surface area (Å²) >= 11 is 0. The molecule has 1 aromatic carbocycles. The lowest BCUT2D eigenvalue weighted by Gasteiger charge is -2.50. The van der Waals surface area contributed by atoms with E-state index in [9.17, 15) is 98.1 Å². The fourth-order valence-corrected chi connectivity index (χ4v) is 20.0. The summed E-state index contributed by atoms with van der Waals surface area (Å²) in [5.74, 6) is -20.8. The van der Waals surface area contributed by atoms with E-state index in [-0.39, 0.29) is 132 Å². The first-order valence-corrected chi connectivity index (χ1v) is 45.0. The number of nitrogens with two attached hydrogens (primary N) is 3. The number of benzene rings is 1. The van der Waals surface area contributed by atoms with E-state index >= 15 is 0 Å². The van der Waals surface area contributed by atoms with Gasteiger partial charge in [-0.05, 0) is 127 Å². The number of aromatic amines is 1. The molecule has 0 bridgehead atoms. The van der Waals surface area contributed by atoms with Gasteiger partial charge >= 0.3 is 35.8 Å². The van der Waals surface area contributed by atoms with E-state index in [1.165, 1.54) is 30.5 Å². The Kier molecular flexibility index (Phi) is 35.4. The second kappa shape index (κ2) is 44.5. The number of guanidine groups is 1. The van der Waals surface area contributed by atoms with Crippen LogP contribution in [-0.2, 0) is 97.2 Å². The number of aliphatic carboxylic acids is 5. The number of anilines is 2. The third-order valence-electron chi connectivity index (χ3n) is 24.8. The molecule has 43 nitrogen and oxygen atoms in total. The second-order valence-corrected chi connectivity index (χ2v) is 37.2. The van der Waals surface area contributed by atoms with E-state index in [0.29, 0.717) is 49.9 Å². The largest absolute Gasteiger partial charge is 0.481 e. The lowest BCUT2D eigenvalue weighted by Crippen LogP contribution is -2.59. The van der Waals surface area contributed by atoms with Gasteiger partial charge in [0.1, 0.15) is 42.9 Å². The average Bonchev–Trinajstić information content (AvgIpc) is 1.56. The molecular formula is C82H121N15O28S2. The summed E-state index contributed by atoms with van der Waals surface area (Å²) < 4.78 is 53.5. The van der Waals surface area contributed by atoms with Gasteiger partial charge in [0.2, 0.25) is 35.5 Å². The van der Waals surface area contributed by atoms with Crippen molar-refractivity contribution in [2.24, 2.45) is 57.9 Å². The summed E-state index contributed by atoms with van der Waals surface area (Å²) in [6.07, 6.45) is -0.767. The van der Waals surface area contributed by atoms with Gasteiger partial charge in [0, 0.05) is 73.4 Å². The molecule has 1 spiro atoms. The van der Waals surface area contributed by atoms with Gasteiger partial charge in [0.15, 0.2) is 28.7 Å². The molecule has 0 radical (unpaired) electrons. The molecule has 127 heavy (non-hydrogen) atoms. The Bertz CT molecular complexity index is 4520. The minimum Gasteiger partial charge on any atom is -0.481 e. The van der Waals surface area contributed by atoms with Crippen LogP contribution in [0.5, 0.6) is 0 Å². The van der Waals surface area contributed by atoms with Gasteiger partial charge in [0.05, 0.1) is 110 Å². The van der Waals surface area contributed by atoms with Crippen LogP contribution in [0.15, 0.2) is 40.2 Å². The number of nitrogen functional groups attached to an aromatic ring is 1. The van der Waals surface area contributed by atoms with Crippen molar-refractivity contribution >= 4 is 122 Å². The van der Waals surface area contributed by atoms with Crippen molar-refractivity contribution in [3.8, 4) is 0 Å². The van der Waals surface area contributed by atoms with Gasteiger partial charge in [-0.3, -0.25) is 62.7 Å². The number of aliphatic hydroxyl groups excluding tert-OH is 1. The number of ether oxygens (including phenoxy) is 8. The number of aliphatic hydroxyl groups is 2. The summed E-state index contributed by atoms with van der Waals surface area (Å²) in [5.41, 5.74) is 15.3. The third-order valence-corrected chi connectivity index (χ3v) is 27.1. The van der Waals surface area contributed by atoms with Crippen LogP contribution in [0.4, 0.5) is 11.6 Å². The lowest BCUT2D eigenvalue weighted by molar-refractivity contribution is -0.353. The maximum atomic E-state index is 14.1. The molecule has 45 heteroatoms. The summed E-state index contributed by atoms with van der Waals surface area (Å²) in [6.45, 7) is 17.6. The zero-order valence-corrected chi connectivity index (χ0v) is 74.2. The first kappa shape index (κ1) is 101. The first-order chi connectivity index (χ1) is 59.9. The molecule has 3 aromatic rings. The number of carbonyl (C=O) groups is 12. The summed E-state index contributed by atoms with van der Waals surface area (Å²) in [5, 5.41) is 87.1. The molecule has 6 aliphatic rings. The monoisotopic (exact) mass is 1830 g/mol. The van der Waals surface area contributed by atoms with Crippen LogP contribution in [-0.4, -0.2) is 279 Å². The topological polar surface area (TPSA) is 666 Å². The molecule has 0 saturated carbocycles. The highest BCUT2D eigenvalue weighted by molar-refractivity contribution is 8.76. The minimum atomic E-state index is -2.18. The highest BCUT2D eigenvalue weighted by Crippen LogP contribution is 2.57. The zero-order chi connectivity index (χ0) is 93.3. The van der Waals surface area contributed by atoms with Crippen molar-refractivity contribution in [3.63, 3.8) is 0 Å². The number of esters is 1. The normalized spacial score (nSPS) is 29.8. The number of aliphatic imine (C=N–C) groups is 1. The third kappa shape index (κ3) is 26.5. The number of H-pyrrole nitrogens is 1. The van der Waals surface area contributed by atoms with Gasteiger partial charge in [-0.1, -0.05) is 63.1 Å². The molecule has 6 aliphatic heterocycles. The Morgan fingerprint density at radius 3 is 1.93 bits per heavy atom. The molecule has 2 aromatic heterocycles. The van der Waals surface area contributed by atoms with Crippen LogP contribution in [0.2, 0.25) is 0 Å². The molecular weight excluding hydrogens is 1710 g/mol. The molecule has 704 valence electrons. The van der Waals surface area contributed by atoms with Crippen LogP contribution in [0.25, 0.3) is 11.2 Å². The van der Waals surface area contributed by atoms with Gasteiger partial charge in [-0.25, -0.2) is 19.6 Å². The predicted octanol–water partition coefficient (Wildman–Crippen LogP) is 1.42. The second-order valence-electron chi connectivity index (χ2n) is 34.6. The molecule has 0 aliphatic carbocycles. The van der Waals surface area contributed by atoms with Crippen molar-refractivity contribution in [2.45, 2.75) is 279 Å². The van der Waals surface area contributed by atoms with Gasteiger partial charge in [-0.15, -0.1) is 0 Å². The molecule has 8 heterocycles. The molecule has 6 amide bonds. The maximum absolute atomic E-state index is 14.1. The van der Waals surface area contributed by atoms with E-state index in [2.05, 4.69) is 98.4 Å². The summed E-state index contributed by atoms with van der Waals surface area (Å²) in [4.78, 5) is 188. The molecule has 21 N–H and O–H groups in total. The lowest BCUT2D eigenvalue weighted by atomic mass is 9.78. The zero-order valence-electron chi connectivity index (χ0n) is 72.6. The Morgan fingerprint density at radius 2 is 1.31 bits per heavy atom. The molecule has 6 fully saturated rings. The Balaban J connectivity index is 0.729. The maximum Gasteiger partial charge on any atom is 0.327 e. The van der Waals surface area contributed by atoms with Crippen molar-refractivity contribution in [1.29, 1.82) is 0 Å². The minimum absolute atomic E-state index is 0.0176. The van der Waals surface area contributed by atoms with Crippen molar-refractivity contribution < 1.29 is 131 Å². The Morgan fingerprint density at radius 1 is 0.693 bits per heavy atom. The number of carbonyl (C=O) groups excluding carboxylic acids is 7. The molecule has 9 rings (SSSR count). The number of rotatable bonds is 44. The van der Waals surface area contributed by atoms with E-state index in [4.69, 9.17) is 55.1 Å². The van der Waals surface area contributed by atoms with Crippen LogP contribution in [0.3, 0.4) is 0 Å². The predicted molar refractivity (Wildman–Crippen MR) is 455 cm³/mol. The smallest absolute Gasteiger partial charge is 0.327 e. The number of fused-ring (bicyclic) bond motifs is 1. The average molecular weight is 1830 g/mol. The van der Waals surface area contributed by atoms with Crippen LogP contribution in [0.1, 0.15) is 181 Å². The number of carboxylic acid groups (broad SMARTS) is 5. The highest BCUT2D eigenvalue weighted by atomic mass is 33.1. The molecule has 25 atom stereocenters. The number of aromatic nitrogens is 4. The van der Waals surface area contributed by atoms with Crippen LogP contribution >= 0.6 is 21.6 Å². The van der Waals surface area contributed by atoms with Crippen LogP contribution < -0.4 is 60.0 Å². The van der Waals surface area contributed by atoms with Crippen LogP contribution in [0, 0.1) is 41.4 Å². The number of carboxylic acids is 5. The SMILES string of the molecule is CO[C@@H]1C[C@@H](C[C@H]2CC[C@H](C)C([C@@H](C)C(=O)OCCSSC[C@H](NC(=O)[C@H](CC(=O)O)NC(=O)[C@H](CC(=O)O)NC(=O)[C@H](CCCN=C(N)N)NC(=O)[C@H](CC(=O)O)NC(=O)CC[C@H](NC(=O)c3ccc(NCc4cnc5nc(N)[nH]c(=O)c5n4)cc3)C(=O)O)C(=O)O)O2)O[C@]2(O[C@@](C)(C3CC[C@@](C)([C@@H]4O[C@@H]([C@@H]5O[C@@](O)(CO)[C@H](C)C[C@@H]5C)C[C@@H]4C)O3)C[C@H]2C)[C@@H]1C. The fraction of sp³-hybridized carbons (Fsp3) is 0.695. The standard InChI is InChI=1S/C82H121N15O28S2/c1-38-13-18-48(28-49-29-56(118-10)44(7)82(122-49)42(5)33-80(9,125-82)58-21-22-79(8,123-58)66-40(3)27-57(121-66)65-39(2)26-41(4)81(117,37-98)124-65)120-64(38)43(6)76(116)119-24-25-126-127-36-55(75(114)115)95-72(110)54(32-62(104)105)94-71(109)53(31-61(102)103)93-69(107)50(12-11-23-86-77(83)84)91-70(108)52(30-60(100)101)90-59(99)20-19-51(74(112)113)92-68(106)45-14-16-46(17-15-45)87-34-47-35-88-67-63(89-47)73(111)97-78(85)96-67/h14-17,35,38-44,48-58,64-66,87,98,117H,11-13,18-34,36-37H2,1-10H3,(H,90,99)(H,91,108)(H,92,106)(H,93,107)(H,94,109)(H,95,110)(H,100,101)(H,102,103)(H,104,105)(H,112,113)(H,114,115)(H4,83,84,86)(H3,85,88,96,97,111)/t38-,39-,40-,41+,42+,43+,44+,48+,49+,50-,51-,52-,53-,54-,55-,56+,57+,58?,64?,65+,66+,79-,80+,81-,82+/m0/s1. The van der Waals surface area contributed by atoms with Gasteiger partial charge in [-0.2, -0.15) is 4.98 Å².